The van der Waals surface area contributed by atoms with E-state index in [0.717, 1.165) is 0 Å². The van der Waals surface area contributed by atoms with Gasteiger partial charge in [0.05, 0.1) is 17.6 Å². The fourth-order valence-corrected chi connectivity index (χ4v) is 2.29. The lowest BCUT2D eigenvalue weighted by molar-refractivity contribution is -0.0263. The van der Waals surface area contributed by atoms with Gasteiger partial charge in [0, 0.05) is 0 Å². The third-order valence-electron chi connectivity index (χ3n) is 3.00. The van der Waals surface area contributed by atoms with Crippen molar-refractivity contribution in [3.8, 4) is 0 Å². The largest absolute Gasteiger partial charge is 0.393 e. The normalized spacial score (nSPS) is 17.9. The zero-order valence-electron chi connectivity index (χ0n) is 11.0. The van der Waals surface area contributed by atoms with Crippen molar-refractivity contribution in [1.82, 2.24) is 9.97 Å². The van der Waals surface area contributed by atoms with E-state index < -0.39 is 41.2 Å². The van der Waals surface area contributed by atoms with Crippen molar-refractivity contribution in [2.45, 2.75) is 51.2 Å². The summed E-state index contributed by atoms with van der Waals surface area (Å²) >= 11 is 0. The molecule has 0 bridgehead atoms. The molecule has 2 N–H and O–H groups in total. The number of aliphatic hydroxyl groups is 2. The molecule has 0 fully saturated rings. The smallest absolute Gasteiger partial charge is 0.271 e. The van der Waals surface area contributed by atoms with Crippen LogP contribution in [0.2, 0.25) is 0 Å². The van der Waals surface area contributed by atoms with Gasteiger partial charge in [0.15, 0.2) is 0 Å². The maximum atomic E-state index is 13.6. The van der Waals surface area contributed by atoms with E-state index >= 15 is 0 Å². The molecule has 7 heteroatoms. The van der Waals surface area contributed by atoms with Crippen LogP contribution in [0.1, 0.15) is 45.2 Å². The van der Waals surface area contributed by atoms with Crippen molar-refractivity contribution in [1.29, 1.82) is 0 Å². The van der Waals surface area contributed by atoms with Gasteiger partial charge >= 0.3 is 0 Å². The second-order valence-electron chi connectivity index (χ2n) is 4.81. The standard InChI is InChI=1S/C12H17F3N2O2/c1-4-5-12(3,19)7(6(2)18)8-9(13)17-11(15)10(14)16-8/h6-7,18-19H,4-5H2,1-3H3. The summed E-state index contributed by atoms with van der Waals surface area (Å²) in [4.78, 5) is 5.90. The number of rotatable bonds is 5. The van der Waals surface area contributed by atoms with Gasteiger partial charge in [0.25, 0.3) is 11.9 Å². The third-order valence-corrected chi connectivity index (χ3v) is 3.00. The van der Waals surface area contributed by atoms with E-state index in [0.29, 0.717) is 6.42 Å². The molecule has 1 rings (SSSR count). The Morgan fingerprint density at radius 1 is 1.16 bits per heavy atom. The monoisotopic (exact) mass is 278 g/mol. The first kappa shape index (κ1) is 15.8. The summed E-state index contributed by atoms with van der Waals surface area (Å²) in [5.74, 6) is -5.74. The van der Waals surface area contributed by atoms with E-state index in [1.807, 2.05) is 0 Å². The Kier molecular flexibility index (Phi) is 4.86. The number of hydrogen-bond donors (Lipinski definition) is 2. The fraction of sp³-hybridized carbons (Fsp3) is 0.667. The summed E-state index contributed by atoms with van der Waals surface area (Å²) in [6.45, 7) is 4.49. The van der Waals surface area contributed by atoms with Crippen LogP contribution >= 0.6 is 0 Å². The molecular formula is C12H17F3N2O2. The van der Waals surface area contributed by atoms with Gasteiger partial charge in [-0.3, -0.25) is 0 Å². The Balaban J connectivity index is 3.31. The molecule has 0 aliphatic heterocycles. The molecule has 3 unspecified atom stereocenters. The predicted octanol–water partition coefficient (Wildman–Crippen LogP) is 1.91. The second kappa shape index (κ2) is 5.83. The highest BCUT2D eigenvalue weighted by molar-refractivity contribution is 5.14. The summed E-state index contributed by atoms with van der Waals surface area (Å²) in [5.41, 5.74) is -2.09. The zero-order chi connectivity index (χ0) is 14.8. The minimum absolute atomic E-state index is 0.239. The van der Waals surface area contributed by atoms with Crippen LogP contribution in [0.25, 0.3) is 0 Å². The first-order chi connectivity index (χ1) is 8.70. The molecule has 1 heterocycles. The van der Waals surface area contributed by atoms with Gasteiger partial charge in [0.1, 0.15) is 5.69 Å². The van der Waals surface area contributed by atoms with Gasteiger partial charge in [-0.2, -0.15) is 18.2 Å². The van der Waals surface area contributed by atoms with E-state index in [2.05, 4.69) is 9.97 Å². The van der Waals surface area contributed by atoms with Crippen LogP contribution in [-0.4, -0.2) is 31.9 Å². The molecule has 19 heavy (non-hydrogen) atoms. The molecule has 4 nitrogen and oxygen atoms in total. The van der Waals surface area contributed by atoms with Crippen LogP contribution in [-0.2, 0) is 0 Å². The Hall–Kier alpha value is -1.21. The van der Waals surface area contributed by atoms with E-state index in [4.69, 9.17) is 0 Å². The Morgan fingerprint density at radius 2 is 1.68 bits per heavy atom. The van der Waals surface area contributed by atoms with Crippen molar-refractivity contribution in [2.24, 2.45) is 0 Å². The van der Waals surface area contributed by atoms with E-state index in [-0.39, 0.29) is 6.42 Å². The molecule has 0 aromatic carbocycles. The second-order valence-corrected chi connectivity index (χ2v) is 4.81. The van der Waals surface area contributed by atoms with Crippen LogP contribution < -0.4 is 0 Å². The molecule has 0 aliphatic carbocycles. The molecule has 0 radical (unpaired) electrons. The number of halogens is 3. The highest BCUT2D eigenvalue weighted by Gasteiger charge is 2.39. The van der Waals surface area contributed by atoms with Crippen molar-refractivity contribution >= 4 is 0 Å². The number of aromatic nitrogens is 2. The minimum Gasteiger partial charge on any atom is -0.393 e. The summed E-state index contributed by atoms with van der Waals surface area (Å²) < 4.78 is 39.4. The Morgan fingerprint density at radius 3 is 2.16 bits per heavy atom. The lowest BCUT2D eigenvalue weighted by Crippen LogP contribution is -2.40. The summed E-state index contributed by atoms with van der Waals surface area (Å²) in [6.07, 6.45) is -0.396. The van der Waals surface area contributed by atoms with Crippen molar-refractivity contribution in [3.05, 3.63) is 23.5 Å². The maximum Gasteiger partial charge on any atom is 0.271 e. The lowest BCUT2D eigenvalue weighted by Gasteiger charge is -2.34. The average molecular weight is 278 g/mol. The molecule has 1 aromatic rings. The zero-order valence-corrected chi connectivity index (χ0v) is 11.0. The van der Waals surface area contributed by atoms with Gasteiger partial charge in [-0.25, -0.2) is 4.98 Å². The molecular weight excluding hydrogens is 261 g/mol. The third kappa shape index (κ3) is 3.42. The molecule has 108 valence electrons. The van der Waals surface area contributed by atoms with Gasteiger partial charge in [-0.1, -0.05) is 13.3 Å². The van der Waals surface area contributed by atoms with Gasteiger partial charge < -0.3 is 10.2 Å². The molecule has 0 spiro atoms. The highest BCUT2D eigenvalue weighted by atomic mass is 19.2. The van der Waals surface area contributed by atoms with E-state index in [9.17, 15) is 23.4 Å². The highest BCUT2D eigenvalue weighted by Crippen LogP contribution is 2.34. The van der Waals surface area contributed by atoms with E-state index in [1.54, 1.807) is 6.92 Å². The predicted molar refractivity (Wildman–Crippen MR) is 61.9 cm³/mol. The first-order valence-corrected chi connectivity index (χ1v) is 5.99. The summed E-state index contributed by atoms with van der Waals surface area (Å²) in [6, 6.07) is 0. The fourth-order valence-electron chi connectivity index (χ4n) is 2.29. The Bertz CT molecular complexity index is 453. The average Bonchev–Trinajstić information content (AvgIpc) is 2.24. The molecule has 1 aromatic heterocycles. The van der Waals surface area contributed by atoms with Crippen LogP contribution in [0.4, 0.5) is 13.2 Å². The number of nitrogens with zero attached hydrogens (tertiary/aromatic N) is 2. The van der Waals surface area contributed by atoms with Crippen LogP contribution in [0.5, 0.6) is 0 Å². The molecule has 0 amide bonds. The van der Waals surface area contributed by atoms with Crippen molar-refractivity contribution in [3.63, 3.8) is 0 Å². The van der Waals surface area contributed by atoms with Crippen LogP contribution in [0.15, 0.2) is 0 Å². The molecule has 0 saturated heterocycles. The molecule has 3 atom stereocenters. The number of hydrogen-bond acceptors (Lipinski definition) is 4. The minimum atomic E-state index is -1.65. The topological polar surface area (TPSA) is 66.2 Å². The van der Waals surface area contributed by atoms with Crippen molar-refractivity contribution in [2.75, 3.05) is 0 Å². The lowest BCUT2D eigenvalue weighted by atomic mass is 9.80. The van der Waals surface area contributed by atoms with Crippen LogP contribution in [0, 0.1) is 17.8 Å². The van der Waals surface area contributed by atoms with Gasteiger partial charge in [0.2, 0.25) is 5.95 Å². The first-order valence-electron chi connectivity index (χ1n) is 5.99. The van der Waals surface area contributed by atoms with E-state index in [1.165, 1.54) is 13.8 Å². The summed E-state index contributed by atoms with van der Waals surface area (Å²) in [7, 11) is 0. The molecule has 0 aliphatic rings. The number of aliphatic hydroxyl groups excluding tert-OH is 1. The molecule has 0 saturated carbocycles. The quantitative estimate of drug-likeness (QED) is 0.863. The Labute approximate surface area is 109 Å². The van der Waals surface area contributed by atoms with Crippen molar-refractivity contribution < 1.29 is 23.4 Å². The van der Waals surface area contributed by atoms with Gasteiger partial charge in [-0.05, 0) is 20.3 Å². The maximum absolute atomic E-state index is 13.6. The van der Waals surface area contributed by atoms with Crippen LogP contribution in [0.3, 0.4) is 0 Å². The SMILES string of the molecule is CCCC(C)(O)C(c1nc(F)c(F)nc1F)C(C)O. The van der Waals surface area contributed by atoms with Gasteiger partial charge in [-0.15, -0.1) is 0 Å². The summed E-state index contributed by atoms with van der Waals surface area (Å²) in [5, 5.41) is 20.0.